The Bertz CT molecular complexity index is 301. The SMILES string of the molecule is C[Si](C)(C)Cc1[nH]ccc1C#N. The number of nitriles is 1. The molecule has 1 rings (SSSR count). The van der Waals surface area contributed by atoms with E-state index in [0.717, 1.165) is 17.3 Å². The fourth-order valence-corrected chi connectivity index (χ4v) is 2.54. The van der Waals surface area contributed by atoms with Crippen molar-refractivity contribution in [2.45, 2.75) is 25.7 Å². The molecule has 12 heavy (non-hydrogen) atoms. The lowest BCUT2D eigenvalue weighted by Crippen LogP contribution is -2.24. The highest BCUT2D eigenvalue weighted by atomic mass is 28.3. The second kappa shape index (κ2) is 3.16. The number of nitrogens with zero attached hydrogens (tertiary/aromatic N) is 1. The van der Waals surface area contributed by atoms with Crippen molar-refractivity contribution in [1.29, 1.82) is 5.26 Å². The molecule has 0 bridgehead atoms. The highest BCUT2D eigenvalue weighted by molar-refractivity contribution is 6.75. The number of H-pyrrole nitrogens is 1. The first kappa shape index (κ1) is 9.08. The molecule has 2 nitrogen and oxygen atoms in total. The minimum absolute atomic E-state index is 0.803. The maximum atomic E-state index is 8.75. The van der Waals surface area contributed by atoms with E-state index < -0.39 is 8.07 Å². The zero-order chi connectivity index (χ0) is 9.19. The Morgan fingerprint density at radius 1 is 1.50 bits per heavy atom. The molecule has 64 valence electrons. The van der Waals surface area contributed by atoms with Gasteiger partial charge in [0, 0.05) is 11.9 Å². The molecule has 0 radical (unpaired) electrons. The van der Waals surface area contributed by atoms with Gasteiger partial charge >= 0.3 is 0 Å². The smallest absolute Gasteiger partial charge is 0.101 e. The highest BCUT2D eigenvalue weighted by Crippen LogP contribution is 2.13. The lowest BCUT2D eigenvalue weighted by Gasteiger charge is -2.14. The van der Waals surface area contributed by atoms with Crippen molar-refractivity contribution in [2.75, 3.05) is 0 Å². The molecule has 1 N–H and O–H groups in total. The maximum absolute atomic E-state index is 8.75. The normalized spacial score (nSPS) is 11.2. The van der Waals surface area contributed by atoms with Gasteiger partial charge in [0.1, 0.15) is 6.07 Å². The number of rotatable bonds is 2. The Labute approximate surface area is 74.2 Å². The zero-order valence-corrected chi connectivity index (χ0v) is 8.81. The second-order valence-electron chi connectivity index (χ2n) is 4.22. The molecule has 0 aromatic carbocycles. The Kier molecular flexibility index (Phi) is 2.39. The van der Waals surface area contributed by atoms with Crippen LogP contribution < -0.4 is 0 Å². The first-order valence-corrected chi connectivity index (χ1v) is 7.80. The summed E-state index contributed by atoms with van der Waals surface area (Å²) in [5.41, 5.74) is 1.91. The molecule has 0 saturated carbocycles. The quantitative estimate of drug-likeness (QED) is 0.693. The van der Waals surface area contributed by atoms with Crippen LogP contribution in [-0.4, -0.2) is 13.1 Å². The van der Waals surface area contributed by atoms with Gasteiger partial charge in [-0.1, -0.05) is 19.6 Å². The van der Waals surface area contributed by atoms with Crippen LogP contribution in [0.5, 0.6) is 0 Å². The standard InChI is InChI=1S/C9H14N2Si/c1-12(2,3)7-9-8(6-10)4-5-11-9/h4-5,11H,7H2,1-3H3. The topological polar surface area (TPSA) is 39.6 Å². The van der Waals surface area contributed by atoms with Crippen molar-refractivity contribution in [1.82, 2.24) is 4.98 Å². The van der Waals surface area contributed by atoms with Crippen LogP contribution in [0.1, 0.15) is 11.3 Å². The molecule has 0 aliphatic heterocycles. The minimum Gasteiger partial charge on any atom is -0.364 e. The summed E-state index contributed by atoms with van der Waals surface area (Å²) in [6.07, 6.45) is 1.84. The lowest BCUT2D eigenvalue weighted by atomic mass is 10.3. The highest BCUT2D eigenvalue weighted by Gasteiger charge is 2.16. The molecule has 0 amide bonds. The summed E-state index contributed by atoms with van der Waals surface area (Å²) in [5, 5.41) is 8.75. The number of hydrogen-bond donors (Lipinski definition) is 1. The van der Waals surface area contributed by atoms with Crippen molar-refractivity contribution < 1.29 is 0 Å². The Morgan fingerprint density at radius 2 is 2.17 bits per heavy atom. The largest absolute Gasteiger partial charge is 0.364 e. The lowest BCUT2D eigenvalue weighted by molar-refractivity contribution is 1.17. The second-order valence-corrected chi connectivity index (χ2v) is 9.69. The fourth-order valence-electron chi connectivity index (χ4n) is 1.19. The first-order chi connectivity index (χ1) is 5.53. The van der Waals surface area contributed by atoms with E-state index in [1.807, 2.05) is 12.3 Å². The molecule has 1 aromatic heterocycles. The average molecular weight is 178 g/mol. The third kappa shape index (κ3) is 2.24. The molecule has 0 spiro atoms. The summed E-state index contributed by atoms with van der Waals surface area (Å²) < 4.78 is 0. The van der Waals surface area contributed by atoms with Gasteiger partial charge in [0.05, 0.1) is 13.6 Å². The van der Waals surface area contributed by atoms with Crippen LogP contribution in [0.15, 0.2) is 12.3 Å². The van der Waals surface area contributed by atoms with Crippen LogP contribution in [0.2, 0.25) is 19.6 Å². The monoisotopic (exact) mass is 178 g/mol. The van der Waals surface area contributed by atoms with Crippen molar-refractivity contribution in [2.24, 2.45) is 0 Å². The van der Waals surface area contributed by atoms with Gasteiger partial charge in [-0.2, -0.15) is 5.26 Å². The molecule has 1 heterocycles. The fraction of sp³-hybridized carbons (Fsp3) is 0.444. The third-order valence-electron chi connectivity index (χ3n) is 1.66. The summed E-state index contributed by atoms with van der Waals surface area (Å²) in [7, 11) is -1.09. The van der Waals surface area contributed by atoms with E-state index in [1.54, 1.807) is 0 Å². The zero-order valence-electron chi connectivity index (χ0n) is 7.81. The van der Waals surface area contributed by atoms with Crippen molar-refractivity contribution in [3.8, 4) is 6.07 Å². The van der Waals surface area contributed by atoms with E-state index in [9.17, 15) is 0 Å². The Balaban J connectivity index is 2.84. The van der Waals surface area contributed by atoms with Gasteiger partial charge in [0.2, 0.25) is 0 Å². The van der Waals surface area contributed by atoms with E-state index in [0.29, 0.717) is 0 Å². The minimum atomic E-state index is -1.09. The van der Waals surface area contributed by atoms with Gasteiger partial charge in [0.25, 0.3) is 0 Å². The van der Waals surface area contributed by atoms with E-state index in [1.165, 1.54) is 0 Å². The van der Waals surface area contributed by atoms with Crippen LogP contribution in [0.3, 0.4) is 0 Å². The van der Waals surface area contributed by atoms with Crippen molar-refractivity contribution in [3.63, 3.8) is 0 Å². The average Bonchev–Trinajstić information content (AvgIpc) is 2.31. The van der Waals surface area contributed by atoms with Gasteiger partial charge in [0.15, 0.2) is 0 Å². The van der Waals surface area contributed by atoms with Crippen LogP contribution in [0.4, 0.5) is 0 Å². The number of hydrogen-bond acceptors (Lipinski definition) is 1. The maximum Gasteiger partial charge on any atom is 0.101 e. The number of aromatic amines is 1. The molecule has 0 fully saturated rings. The van der Waals surface area contributed by atoms with Gasteiger partial charge in [-0.25, -0.2) is 0 Å². The van der Waals surface area contributed by atoms with E-state index in [-0.39, 0.29) is 0 Å². The molecular formula is C9H14N2Si. The van der Waals surface area contributed by atoms with Gasteiger partial charge in [-0.3, -0.25) is 0 Å². The van der Waals surface area contributed by atoms with Gasteiger partial charge in [-0.05, 0) is 12.1 Å². The number of aromatic nitrogens is 1. The van der Waals surface area contributed by atoms with Crippen LogP contribution in [-0.2, 0) is 6.04 Å². The van der Waals surface area contributed by atoms with E-state index >= 15 is 0 Å². The van der Waals surface area contributed by atoms with Gasteiger partial charge < -0.3 is 4.98 Å². The Hall–Kier alpha value is -1.01. The number of nitrogens with one attached hydrogen (secondary N) is 1. The van der Waals surface area contributed by atoms with E-state index in [2.05, 4.69) is 30.7 Å². The summed E-state index contributed by atoms with van der Waals surface area (Å²) in [6, 6.07) is 5.09. The predicted molar refractivity (Wildman–Crippen MR) is 52.6 cm³/mol. The molecule has 3 heteroatoms. The van der Waals surface area contributed by atoms with Gasteiger partial charge in [-0.15, -0.1) is 0 Å². The molecule has 0 unspecified atom stereocenters. The molecular weight excluding hydrogens is 164 g/mol. The van der Waals surface area contributed by atoms with Crippen LogP contribution >= 0.6 is 0 Å². The predicted octanol–water partition coefficient (Wildman–Crippen LogP) is 2.31. The molecule has 0 atom stereocenters. The van der Waals surface area contributed by atoms with Crippen LogP contribution in [0.25, 0.3) is 0 Å². The van der Waals surface area contributed by atoms with Crippen LogP contribution in [0, 0.1) is 11.3 Å². The van der Waals surface area contributed by atoms with Crippen molar-refractivity contribution >= 4 is 8.07 Å². The summed E-state index contributed by atoms with van der Waals surface area (Å²) in [6.45, 7) is 6.90. The molecule has 0 aliphatic carbocycles. The summed E-state index contributed by atoms with van der Waals surface area (Å²) >= 11 is 0. The summed E-state index contributed by atoms with van der Waals surface area (Å²) in [5.74, 6) is 0. The molecule has 1 aromatic rings. The molecule has 0 saturated heterocycles. The Morgan fingerprint density at radius 3 is 2.67 bits per heavy atom. The van der Waals surface area contributed by atoms with Crippen molar-refractivity contribution in [3.05, 3.63) is 23.5 Å². The third-order valence-corrected chi connectivity index (χ3v) is 3.07. The summed E-state index contributed by atoms with van der Waals surface area (Å²) in [4.78, 5) is 3.13. The van der Waals surface area contributed by atoms with E-state index in [4.69, 9.17) is 5.26 Å². The first-order valence-electron chi connectivity index (χ1n) is 4.09. The molecule has 0 aliphatic rings.